The summed E-state index contributed by atoms with van der Waals surface area (Å²) in [5, 5.41) is 2.98. The molecule has 1 aliphatic rings. The third kappa shape index (κ3) is 6.99. The first-order chi connectivity index (χ1) is 15.6. The Hall–Kier alpha value is -3.06. The Morgan fingerprint density at radius 1 is 1.25 bits per heavy atom. The van der Waals surface area contributed by atoms with E-state index in [2.05, 4.69) is 11.9 Å². The molecule has 6 nitrogen and oxygen atoms in total. The summed E-state index contributed by atoms with van der Waals surface area (Å²) in [6.07, 6.45) is 4.29. The third-order valence-electron chi connectivity index (χ3n) is 5.30. The number of nitrogens with one attached hydrogen (secondary N) is 1. The van der Waals surface area contributed by atoms with Crippen LogP contribution in [0.2, 0.25) is 0 Å². The molecule has 0 aliphatic carbocycles. The van der Waals surface area contributed by atoms with Crippen molar-refractivity contribution in [2.45, 2.75) is 31.9 Å². The van der Waals surface area contributed by atoms with E-state index in [4.69, 9.17) is 14.2 Å². The van der Waals surface area contributed by atoms with Crippen LogP contribution in [0.5, 0.6) is 11.5 Å². The fourth-order valence-corrected chi connectivity index (χ4v) is 3.63. The predicted octanol–water partition coefficient (Wildman–Crippen LogP) is 4.33. The van der Waals surface area contributed by atoms with Gasteiger partial charge >= 0.3 is 6.03 Å². The van der Waals surface area contributed by atoms with E-state index in [1.54, 1.807) is 30.2 Å². The highest BCUT2D eigenvalue weighted by Gasteiger charge is 2.23. The number of rotatable bonds is 11. The van der Waals surface area contributed by atoms with Gasteiger partial charge in [-0.3, -0.25) is 0 Å². The number of ether oxygens (including phenoxy) is 3. The number of benzene rings is 2. The van der Waals surface area contributed by atoms with Gasteiger partial charge in [0.05, 0.1) is 13.2 Å². The lowest BCUT2D eigenvalue weighted by atomic mass is 10.1. The predicted molar refractivity (Wildman–Crippen MR) is 122 cm³/mol. The van der Waals surface area contributed by atoms with Gasteiger partial charge in [-0.05, 0) is 54.7 Å². The molecule has 1 heterocycles. The molecule has 1 aliphatic heterocycles. The van der Waals surface area contributed by atoms with E-state index >= 15 is 0 Å². The molecule has 32 heavy (non-hydrogen) atoms. The Labute approximate surface area is 189 Å². The van der Waals surface area contributed by atoms with Crippen molar-refractivity contribution >= 4 is 6.03 Å². The Kier molecular flexibility index (Phi) is 8.92. The van der Waals surface area contributed by atoms with Crippen LogP contribution < -0.4 is 14.8 Å². The summed E-state index contributed by atoms with van der Waals surface area (Å²) in [5.41, 5.74) is 1.90. The molecule has 1 saturated heterocycles. The van der Waals surface area contributed by atoms with Crippen LogP contribution in [0.1, 0.15) is 24.0 Å². The number of nitrogens with zero attached hydrogens (tertiary/aromatic N) is 1. The molecule has 2 aromatic carbocycles. The van der Waals surface area contributed by atoms with Gasteiger partial charge in [0, 0.05) is 26.2 Å². The summed E-state index contributed by atoms with van der Waals surface area (Å²) in [7, 11) is 1.59. The molecule has 1 N–H and O–H groups in total. The minimum atomic E-state index is -0.267. The highest BCUT2D eigenvalue weighted by molar-refractivity contribution is 5.74. The van der Waals surface area contributed by atoms with Crippen molar-refractivity contribution in [3.63, 3.8) is 0 Å². The first-order valence-corrected chi connectivity index (χ1v) is 10.9. The molecular weight excluding hydrogens is 411 g/mol. The van der Waals surface area contributed by atoms with E-state index in [0.29, 0.717) is 44.2 Å². The van der Waals surface area contributed by atoms with Crippen molar-refractivity contribution in [3.8, 4) is 11.5 Å². The van der Waals surface area contributed by atoms with E-state index < -0.39 is 0 Å². The van der Waals surface area contributed by atoms with Crippen LogP contribution in [-0.4, -0.2) is 50.4 Å². The van der Waals surface area contributed by atoms with Crippen LogP contribution in [-0.2, 0) is 17.7 Å². The summed E-state index contributed by atoms with van der Waals surface area (Å²) in [6, 6.07) is 11.8. The molecule has 0 spiro atoms. The largest absolute Gasteiger partial charge is 0.493 e. The van der Waals surface area contributed by atoms with Crippen molar-refractivity contribution in [2.24, 2.45) is 0 Å². The second kappa shape index (κ2) is 12.1. The van der Waals surface area contributed by atoms with Gasteiger partial charge in [0.15, 0.2) is 11.5 Å². The molecule has 172 valence electrons. The van der Waals surface area contributed by atoms with Gasteiger partial charge in [0.2, 0.25) is 0 Å². The Bertz CT molecular complexity index is 882. The molecule has 1 atom stereocenters. The van der Waals surface area contributed by atoms with E-state index in [1.165, 1.54) is 12.1 Å². The van der Waals surface area contributed by atoms with Crippen LogP contribution in [0, 0.1) is 5.82 Å². The lowest BCUT2D eigenvalue weighted by Gasteiger charge is -2.26. The molecule has 0 bridgehead atoms. The van der Waals surface area contributed by atoms with Crippen molar-refractivity contribution in [3.05, 3.63) is 72.1 Å². The first kappa shape index (κ1) is 23.6. The van der Waals surface area contributed by atoms with E-state index in [-0.39, 0.29) is 18.0 Å². The Morgan fingerprint density at radius 3 is 2.72 bits per heavy atom. The normalized spacial score (nSPS) is 15.2. The number of amides is 2. The van der Waals surface area contributed by atoms with Crippen molar-refractivity contribution in [2.75, 3.05) is 33.4 Å². The number of halogens is 1. The molecule has 1 fully saturated rings. The zero-order valence-corrected chi connectivity index (χ0v) is 18.5. The van der Waals surface area contributed by atoms with Crippen molar-refractivity contribution in [1.82, 2.24) is 10.2 Å². The highest BCUT2D eigenvalue weighted by atomic mass is 19.1. The van der Waals surface area contributed by atoms with Crippen LogP contribution in [0.4, 0.5) is 9.18 Å². The molecule has 0 aromatic heterocycles. The maximum atomic E-state index is 13.1. The summed E-state index contributed by atoms with van der Waals surface area (Å²) < 4.78 is 29.9. The molecule has 0 saturated carbocycles. The van der Waals surface area contributed by atoms with Gasteiger partial charge in [-0.25, -0.2) is 9.18 Å². The van der Waals surface area contributed by atoms with Crippen molar-refractivity contribution in [1.29, 1.82) is 0 Å². The molecular formula is C25H31FN2O4. The van der Waals surface area contributed by atoms with Crippen LogP contribution in [0.3, 0.4) is 0 Å². The molecule has 3 rings (SSSR count). The van der Waals surface area contributed by atoms with Gasteiger partial charge in [-0.1, -0.05) is 30.9 Å². The number of hydrogen-bond donors (Lipinski definition) is 1. The lowest BCUT2D eigenvalue weighted by Crippen LogP contribution is -2.43. The van der Waals surface area contributed by atoms with Gasteiger partial charge in [0.1, 0.15) is 12.4 Å². The maximum Gasteiger partial charge on any atom is 0.317 e. The van der Waals surface area contributed by atoms with Gasteiger partial charge < -0.3 is 24.4 Å². The minimum Gasteiger partial charge on any atom is -0.493 e. The summed E-state index contributed by atoms with van der Waals surface area (Å²) >= 11 is 0. The number of carbonyl (C=O) groups excluding carboxylic acids is 1. The minimum absolute atomic E-state index is 0.0370. The van der Waals surface area contributed by atoms with E-state index in [1.807, 2.05) is 18.2 Å². The fraction of sp³-hybridized carbons (Fsp3) is 0.400. The number of urea groups is 1. The topological polar surface area (TPSA) is 60.0 Å². The van der Waals surface area contributed by atoms with Gasteiger partial charge in [-0.2, -0.15) is 0 Å². The summed E-state index contributed by atoms with van der Waals surface area (Å²) in [6.45, 7) is 6.17. The quantitative estimate of drug-likeness (QED) is 0.526. The zero-order chi connectivity index (χ0) is 22.8. The monoisotopic (exact) mass is 442 g/mol. The van der Waals surface area contributed by atoms with Crippen LogP contribution in [0.25, 0.3) is 0 Å². The Balaban J connectivity index is 1.64. The third-order valence-corrected chi connectivity index (χ3v) is 5.30. The molecule has 1 unspecified atom stereocenters. The lowest BCUT2D eigenvalue weighted by molar-refractivity contribution is 0.0795. The zero-order valence-electron chi connectivity index (χ0n) is 18.5. The second-order valence-electron chi connectivity index (χ2n) is 7.71. The highest BCUT2D eigenvalue weighted by Crippen LogP contribution is 2.29. The van der Waals surface area contributed by atoms with E-state index in [0.717, 1.165) is 30.6 Å². The van der Waals surface area contributed by atoms with Crippen LogP contribution in [0.15, 0.2) is 55.1 Å². The molecule has 2 aromatic rings. The van der Waals surface area contributed by atoms with Gasteiger partial charge in [-0.15, -0.1) is 0 Å². The van der Waals surface area contributed by atoms with Crippen molar-refractivity contribution < 1.29 is 23.4 Å². The average molecular weight is 443 g/mol. The molecule has 7 heteroatoms. The van der Waals surface area contributed by atoms with E-state index in [9.17, 15) is 9.18 Å². The second-order valence-corrected chi connectivity index (χ2v) is 7.71. The Morgan fingerprint density at radius 2 is 2.03 bits per heavy atom. The molecule has 0 radical (unpaired) electrons. The number of hydrogen-bond acceptors (Lipinski definition) is 4. The standard InChI is InChI=1S/C25H31FN2O4/c1-3-14-32-23-11-8-20(16-24(23)30-2)17-28(18-22-5-4-15-31-22)25(29)27-13-12-19-6-9-21(26)10-7-19/h3,6-11,16,22H,1,4-5,12-15,17-18H2,2H3,(H,27,29). The first-order valence-electron chi connectivity index (χ1n) is 10.9. The summed E-state index contributed by atoms with van der Waals surface area (Å²) in [5.74, 6) is 0.973. The molecule has 2 amide bonds. The van der Waals surface area contributed by atoms with Gasteiger partial charge in [0.25, 0.3) is 0 Å². The number of methoxy groups -OCH3 is 1. The summed E-state index contributed by atoms with van der Waals surface area (Å²) in [4.78, 5) is 14.7. The fourth-order valence-electron chi connectivity index (χ4n) is 3.63. The SMILES string of the molecule is C=CCOc1ccc(CN(CC2CCCO2)C(=O)NCCc2ccc(F)cc2)cc1OC. The number of carbonyl (C=O) groups is 1. The maximum absolute atomic E-state index is 13.1. The van der Waals surface area contributed by atoms with Crippen LogP contribution >= 0.6 is 0 Å². The smallest absolute Gasteiger partial charge is 0.317 e. The average Bonchev–Trinajstić information content (AvgIpc) is 3.32.